The maximum Gasteiger partial charge on any atom is 0.0935 e. The summed E-state index contributed by atoms with van der Waals surface area (Å²) in [6.45, 7) is 2.12. The highest BCUT2D eigenvalue weighted by atomic mass is 32.1. The molecule has 0 spiro atoms. The molecule has 2 heteroatoms. The molecule has 0 amide bonds. The van der Waals surface area contributed by atoms with Crippen LogP contribution in [0.5, 0.6) is 0 Å². The first kappa shape index (κ1) is 8.93. The Balaban J connectivity index is 1.97. The summed E-state index contributed by atoms with van der Waals surface area (Å²) in [5.41, 5.74) is 0.723. The monoisotopic (exact) mass is 208 g/mol. The first-order valence-corrected chi connectivity index (χ1v) is 6.34. The van der Waals surface area contributed by atoms with Crippen molar-refractivity contribution in [3.05, 3.63) is 21.9 Å². The molecule has 1 aromatic heterocycles. The quantitative estimate of drug-likeness (QED) is 0.752. The zero-order valence-electron chi connectivity index (χ0n) is 8.49. The molecule has 2 aliphatic rings. The van der Waals surface area contributed by atoms with Crippen molar-refractivity contribution in [2.75, 3.05) is 0 Å². The Bertz CT molecular complexity index is 357. The lowest BCUT2D eigenvalue weighted by Gasteiger charge is -2.31. The van der Waals surface area contributed by atoms with Crippen molar-refractivity contribution in [1.82, 2.24) is 0 Å². The summed E-state index contributed by atoms with van der Waals surface area (Å²) in [4.78, 5) is 1.32. The number of hydrogen-bond acceptors (Lipinski definition) is 2. The molecule has 1 nitrogen and oxygen atoms in total. The van der Waals surface area contributed by atoms with Gasteiger partial charge in [-0.05, 0) is 61.5 Å². The predicted octanol–water partition coefficient (Wildman–Crippen LogP) is 3.06. The number of thiophene rings is 1. The summed E-state index contributed by atoms with van der Waals surface area (Å²) in [5.74, 6) is 1.34. The molecule has 3 atom stereocenters. The zero-order chi connectivity index (χ0) is 9.76. The molecule has 14 heavy (non-hydrogen) atoms. The van der Waals surface area contributed by atoms with E-state index < -0.39 is 5.60 Å². The van der Waals surface area contributed by atoms with Gasteiger partial charge in [-0.3, -0.25) is 0 Å². The topological polar surface area (TPSA) is 20.2 Å². The van der Waals surface area contributed by atoms with Crippen molar-refractivity contribution in [2.24, 2.45) is 11.8 Å². The lowest BCUT2D eigenvalue weighted by molar-refractivity contribution is -0.0178. The normalized spacial score (nSPS) is 40.7. The van der Waals surface area contributed by atoms with Gasteiger partial charge in [0, 0.05) is 4.88 Å². The Kier molecular flexibility index (Phi) is 1.80. The molecule has 3 rings (SSSR count). The molecular formula is C12H16OS. The second kappa shape index (κ2) is 2.83. The van der Waals surface area contributed by atoms with E-state index in [9.17, 15) is 5.11 Å². The molecule has 0 radical (unpaired) electrons. The smallest absolute Gasteiger partial charge is 0.0935 e. The van der Waals surface area contributed by atoms with Gasteiger partial charge in [-0.2, -0.15) is 0 Å². The highest BCUT2D eigenvalue weighted by Crippen LogP contribution is 2.55. The van der Waals surface area contributed by atoms with Gasteiger partial charge in [0.05, 0.1) is 5.60 Å². The fourth-order valence-electron chi connectivity index (χ4n) is 3.32. The highest BCUT2D eigenvalue weighted by Gasteiger charge is 2.50. The van der Waals surface area contributed by atoms with Crippen LogP contribution in [0.2, 0.25) is 0 Å². The van der Waals surface area contributed by atoms with Gasteiger partial charge in [-0.25, -0.2) is 0 Å². The zero-order valence-corrected chi connectivity index (χ0v) is 9.31. The molecular weight excluding hydrogens is 192 g/mol. The Morgan fingerprint density at radius 3 is 2.86 bits per heavy atom. The number of aliphatic hydroxyl groups is 1. The molecule has 0 aromatic carbocycles. The number of aryl methyl sites for hydroxylation is 1. The summed E-state index contributed by atoms with van der Waals surface area (Å²) in [7, 11) is 0. The molecule has 1 heterocycles. The fourth-order valence-corrected chi connectivity index (χ4v) is 4.10. The Morgan fingerprint density at radius 2 is 2.36 bits per heavy atom. The molecule has 2 saturated carbocycles. The molecule has 1 aromatic rings. The molecule has 0 aliphatic heterocycles. The summed E-state index contributed by atoms with van der Waals surface area (Å²) in [6, 6.07) is 2.17. The van der Waals surface area contributed by atoms with Crippen molar-refractivity contribution < 1.29 is 5.11 Å². The Labute approximate surface area is 88.8 Å². The van der Waals surface area contributed by atoms with E-state index in [1.807, 2.05) is 0 Å². The molecule has 2 aliphatic carbocycles. The number of rotatable bonds is 1. The lowest BCUT2D eigenvalue weighted by Crippen LogP contribution is -2.31. The number of hydrogen-bond donors (Lipinski definition) is 1. The third-order valence-electron chi connectivity index (χ3n) is 4.05. The molecule has 3 unspecified atom stereocenters. The maximum atomic E-state index is 10.7. The minimum absolute atomic E-state index is 0.465. The van der Waals surface area contributed by atoms with Crippen LogP contribution in [-0.2, 0) is 5.60 Å². The predicted molar refractivity (Wildman–Crippen MR) is 58.4 cm³/mol. The molecule has 76 valence electrons. The van der Waals surface area contributed by atoms with Gasteiger partial charge in [0.1, 0.15) is 0 Å². The lowest BCUT2D eigenvalue weighted by atomic mass is 9.80. The molecule has 2 bridgehead atoms. The van der Waals surface area contributed by atoms with Crippen LogP contribution < -0.4 is 0 Å². The van der Waals surface area contributed by atoms with E-state index in [4.69, 9.17) is 0 Å². The average molecular weight is 208 g/mol. The van der Waals surface area contributed by atoms with Crippen LogP contribution in [0.25, 0.3) is 0 Å². The van der Waals surface area contributed by atoms with Gasteiger partial charge >= 0.3 is 0 Å². The van der Waals surface area contributed by atoms with E-state index in [1.54, 1.807) is 11.3 Å². The molecule has 1 N–H and O–H groups in total. The van der Waals surface area contributed by atoms with Crippen LogP contribution in [0.4, 0.5) is 0 Å². The first-order chi connectivity index (χ1) is 6.68. The van der Waals surface area contributed by atoms with Crippen LogP contribution in [0, 0.1) is 18.8 Å². The summed E-state index contributed by atoms with van der Waals surface area (Å²) in [5, 5.41) is 12.8. The van der Waals surface area contributed by atoms with Crippen LogP contribution in [0.3, 0.4) is 0 Å². The third-order valence-corrected chi connectivity index (χ3v) is 4.91. The van der Waals surface area contributed by atoms with E-state index in [0.29, 0.717) is 5.92 Å². The van der Waals surface area contributed by atoms with E-state index in [-0.39, 0.29) is 0 Å². The van der Waals surface area contributed by atoms with Crippen LogP contribution in [-0.4, -0.2) is 5.11 Å². The van der Waals surface area contributed by atoms with E-state index >= 15 is 0 Å². The minimum atomic E-state index is -0.465. The third kappa shape index (κ3) is 1.10. The summed E-state index contributed by atoms with van der Waals surface area (Å²) >= 11 is 1.76. The minimum Gasteiger partial charge on any atom is -0.385 e. The van der Waals surface area contributed by atoms with Crippen LogP contribution in [0.15, 0.2) is 11.4 Å². The largest absolute Gasteiger partial charge is 0.385 e. The van der Waals surface area contributed by atoms with Gasteiger partial charge in [0.15, 0.2) is 0 Å². The Morgan fingerprint density at radius 1 is 1.50 bits per heavy atom. The van der Waals surface area contributed by atoms with E-state index in [0.717, 1.165) is 12.3 Å². The van der Waals surface area contributed by atoms with Crippen molar-refractivity contribution in [3.8, 4) is 0 Å². The second-order valence-electron chi connectivity index (χ2n) is 4.95. The Hall–Kier alpha value is -0.340. The standard InChI is InChI=1S/C12H16OS/c1-8-4-11(7-14-8)12(13)6-9-2-3-10(12)5-9/h4,7,9-10,13H,2-3,5-6H2,1H3. The molecule has 2 fully saturated rings. The maximum absolute atomic E-state index is 10.7. The van der Waals surface area contributed by atoms with Crippen LogP contribution in [0.1, 0.15) is 36.1 Å². The van der Waals surface area contributed by atoms with Crippen molar-refractivity contribution in [3.63, 3.8) is 0 Å². The number of fused-ring (bicyclic) bond motifs is 2. The highest BCUT2D eigenvalue weighted by molar-refractivity contribution is 7.10. The van der Waals surface area contributed by atoms with E-state index in [2.05, 4.69) is 18.4 Å². The first-order valence-electron chi connectivity index (χ1n) is 5.46. The fraction of sp³-hybridized carbons (Fsp3) is 0.667. The van der Waals surface area contributed by atoms with Crippen molar-refractivity contribution in [2.45, 2.75) is 38.2 Å². The van der Waals surface area contributed by atoms with Gasteiger partial charge in [0.25, 0.3) is 0 Å². The SMILES string of the molecule is Cc1cc(C2(O)CC3CCC2C3)cs1. The summed E-state index contributed by atoms with van der Waals surface area (Å²) in [6.07, 6.45) is 4.84. The van der Waals surface area contributed by atoms with Gasteiger partial charge in [-0.15, -0.1) is 11.3 Å². The van der Waals surface area contributed by atoms with E-state index in [1.165, 1.54) is 29.7 Å². The second-order valence-corrected chi connectivity index (χ2v) is 6.07. The van der Waals surface area contributed by atoms with Crippen LogP contribution >= 0.6 is 11.3 Å². The molecule has 0 saturated heterocycles. The summed E-state index contributed by atoms with van der Waals surface area (Å²) < 4.78 is 0. The average Bonchev–Trinajstić information content (AvgIpc) is 2.78. The van der Waals surface area contributed by atoms with Crippen molar-refractivity contribution in [1.29, 1.82) is 0 Å². The van der Waals surface area contributed by atoms with Crippen molar-refractivity contribution >= 4 is 11.3 Å². The van der Waals surface area contributed by atoms with Gasteiger partial charge in [-0.1, -0.05) is 0 Å². The van der Waals surface area contributed by atoms with Gasteiger partial charge in [0.2, 0.25) is 0 Å². The van der Waals surface area contributed by atoms with Gasteiger partial charge < -0.3 is 5.11 Å².